The van der Waals surface area contributed by atoms with Crippen LogP contribution in [0.25, 0.3) is 22.3 Å². The third-order valence-electron chi connectivity index (χ3n) is 4.07. The lowest BCUT2D eigenvalue weighted by Gasteiger charge is -2.03. The third kappa shape index (κ3) is 3.45. The van der Waals surface area contributed by atoms with Crippen molar-refractivity contribution in [3.05, 3.63) is 90.1 Å². The van der Waals surface area contributed by atoms with Gasteiger partial charge in [-0.3, -0.25) is 4.99 Å². The van der Waals surface area contributed by atoms with Crippen LogP contribution in [-0.4, -0.2) is 16.2 Å². The summed E-state index contributed by atoms with van der Waals surface area (Å²) in [4.78, 5) is 13.5. The number of hydrogen-bond acceptors (Lipinski definition) is 3. The van der Waals surface area contributed by atoms with E-state index in [1.54, 1.807) is 6.20 Å². The van der Waals surface area contributed by atoms with E-state index in [9.17, 15) is 0 Å². The SMILES string of the molecule is Cc1ccc(C=Nc2ccc(-c3ccc4cccnc4n3)cc2)cc1. The predicted octanol–water partition coefficient (Wildman–Crippen LogP) is 5.36. The van der Waals surface area contributed by atoms with Crippen LogP contribution in [0.4, 0.5) is 5.69 Å². The highest BCUT2D eigenvalue weighted by Gasteiger charge is 2.02. The molecule has 0 bridgehead atoms. The first-order valence-electron chi connectivity index (χ1n) is 8.21. The first kappa shape index (κ1) is 15.2. The van der Waals surface area contributed by atoms with Crippen molar-refractivity contribution in [1.29, 1.82) is 0 Å². The second-order valence-corrected chi connectivity index (χ2v) is 5.96. The summed E-state index contributed by atoms with van der Waals surface area (Å²) >= 11 is 0. The molecule has 0 aliphatic rings. The Kier molecular flexibility index (Phi) is 4.05. The summed E-state index contributed by atoms with van der Waals surface area (Å²) in [6.45, 7) is 2.08. The molecule has 0 spiro atoms. The smallest absolute Gasteiger partial charge is 0.159 e. The summed E-state index contributed by atoms with van der Waals surface area (Å²) in [5.74, 6) is 0. The van der Waals surface area contributed by atoms with Gasteiger partial charge in [0.05, 0.1) is 11.4 Å². The number of nitrogens with zero attached hydrogens (tertiary/aromatic N) is 3. The van der Waals surface area contributed by atoms with Crippen LogP contribution in [0.5, 0.6) is 0 Å². The predicted molar refractivity (Wildman–Crippen MR) is 103 cm³/mol. The first-order valence-corrected chi connectivity index (χ1v) is 8.21. The molecule has 0 unspecified atom stereocenters. The zero-order valence-electron chi connectivity index (χ0n) is 13.9. The summed E-state index contributed by atoms with van der Waals surface area (Å²) in [6, 6.07) is 24.4. The maximum atomic E-state index is 4.63. The molecule has 120 valence electrons. The Morgan fingerprint density at radius 2 is 1.64 bits per heavy atom. The van der Waals surface area contributed by atoms with Gasteiger partial charge >= 0.3 is 0 Å². The molecule has 0 atom stereocenters. The van der Waals surface area contributed by atoms with Gasteiger partial charge in [0.2, 0.25) is 0 Å². The molecule has 25 heavy (non-hydrogen) atoms. The van der Waals surface area contributed by atoms with Crippen LogP contribution in [-0.2, 0) is 0 Å². The van der Waals surface area contributed by atoms with Crippen molar-refractivity contribution in [3.63, 3.8) is 0 Å². The molecule has 0 aliphatic heterocycles. The molecule has 3 heteroatoms. The van der Waals surface area contributed by atoms with Crippen LogP contribution >= 0.6 is 0 Å². The van der Waals surface area contributed by atoms with Gasteiger partial charge in [-0.2, -0.15) is 0 Å². The number of aromatic nitrogens is 2. The zero-order valence-corrected chi connectivity index (χ0v) is 13.9. The zero-order chi connectivity index (χ0) is 17.1. The highest BCUT2D eigenvalue weighted by molar-refractivity contribution is 5.82. The maximum Gasteiger partial charge on any atom is 0.159 e. The van der Waals surface area contributed by atoms with Crippen molar-refractivity contribution in [2.45, 2.75) is 6.92 Å². The fraction of sp³-hybridized carbons (Fsp3) is 0.0455. The van der Waals surface area contributed by atoms with E-state index in [0.29, 0.717) is 0 Å². The summed E-state index contributed by atoms with van der Waals surface area (Å²) in [5.41, 5.74) is 6.00. The van der Waals surface area contributed by atoms with Crippen molar-refractivity contribution in [3.8, 4) is 11.3 Å². The van der Waals surface area contributed by atoms with Crippen LogP contribution in [0.2, 0.25) is 0 Å². The second-order valence-electron chi connectivity index (χ2n) is 5.96. The normalized spacial score (nSPS) is 11.2. The van der Waals surface area contributed by atoms with Crippen molar-refractivity contribution in [2.24, 2.45) is 4.99 Å². The minimum absolute atomic E-state index is 0.765. The van der Waals surface area contributed by atoms with Crippen molar-refractivity contribution in [1.82, 2.24) is 9.97 Å². The Morgan fingerprint density at radius 1 is 0.840 bits per heavy atom. The highest BCUT2D eigenvalue weighted by Crippen LogP contribution is 2.23. The maximum absolute atomic E-state index is 4.63. The van der Waals surface area contributed by atoms with E-state index in [2.05, 4.69) is 46.1 Å². The molecule has 0 N–H and O–H groups in total. The molecule has 0 aliphatic carbocycles. The lowest BCUT2D eigenvalue weighted by atomic mass is 10.1. The monoisotopic (exact) mass is 323 g/mol. The minimum Gasteiger partial charge on any atom is -0.256 e. The Hall–Kier alpha value is -3.33. The van der Waals surface area contributed by atoms with Crippen LogP contribution in [0.15, 0.2) is 84.0 Å². The number of benzene rings is 2. The van der Waals surface area contributed by atoms with E-state index < -0.39 is 0 Å². The topological polar surface area (TPSA) is 38.1 Å². The fourth-order valence-corrected chi connectivity index (χ4v) is 2.63. The van der Waals surface area contributed by atoms with E-state index in [-0.39, 0.29) is 0 Å². The summed E-state index contributed by atoms with van der Waals surface area (Å²) in [7, 11) is 0. The number of aryl methyl sites for hydroxylation is 1. The lowest BCUT2D eigenvalue weighted by molar-refractivity contribution is 1.29. The molecule has 0 fully saturated rings. The van der Waals surface area contributed by atoms with E-state index in [1.165, 1.54) is 5.56 Å². The molecule has 3 nitrogen and oxygen atoms in total. The van der Waals surface area contributed by atoms with Gasteiger partial charge in [0.1, 0.15) is 0 Å². The minimum atomic E-state index is 0.765. The van der Waals surface area contributed by atoms with E-state index >= 15 is 0 Å². The molecule has 0 saturated heterocycles. The van der Waals surface area contributed by atoms with Gasteiger partial charge in [-0.15, -0.1) is 0 Å². The quantitative estimate of drug-likeness (QED) is 0.476. The largest absolute Gasteiger partial charge is 0.256 e. The van der Waals surface area contributed by atoms with Gasteiger partial charge in [0, 0.05) is 23.4 Å². The van der Waals surface area contributed by atoms with Gasteiger partial charge in [-0.1, -0.05) is 42.0 Å². The summed E-state index contributed by atoms with van der Waals surface area (Å²) < 4.78 is 0. The van der Waals surface area contributed by atoms with Gasteiger partial charge in [0.25, 0.3) is 0 Å². The fourth-order valence-electron chi connectivity index (χ4n) is 2.63. The molecule has 0 saturated carbocycles. The van der Waals surface area contributed by atoms with Crippen LogP contribution in [0.3, 0.4) is 0 Å². The van der Waals surface area contributed by atoms with Crippen molar-refractivity contribution >= 4 is 22.9 Å². The molecular formula is C22H17N3. The Morgan fingerprint density at radius 3 is 2.44 bits per heavy atom. The standard InChI is InChI=1S/C22H17N3/c1-16-4-6-17(7-5-16)15-24-20-11-8-18(9-12-20)21-13-10-19-3-2-14-23-22(19)25-21/h2-15H,1H3. The van der Waals surface area contributed by atoms with E-state index in [4.69, 9.17) is 0 Å². The molecule has 2 aromatic carbocycles. The van der Waals surface area contributed by atoms with E-state index in [0.717, 1.165) is 33.5 Å². The van der Waals surface area contributed by atoms with E-state index in [1.807, 2.05) is 54.7 Å². The summed E-state index contributed by atoms with van der Waals surface area (Å²) in [6.07, 6.45) is 3.65. The molecule has 4 rings (SSSR count). The molecule has 0 amide bonds. The number of aliphatic imine (C=N–C) groups is 1. The lowest BCUT2D eigenvalue weighted by Crippen LogP contribution is -1.87. The van der Waals surface area contributed by atoms with Crippen LogP contribution in [0.1, 0.15) is 11.1 Å². The first-order chi connectivity index (χ1) is 12.3. The van der Waals surface area contributed by atoms with Crippen molar-refractivity contribution in [2.75, 3.05) is 0 Å². The Bertz CT molecular complexity index is 1030. The third-order valence-corrected chi connectivity index (χ3v) is 4.07. The number of rotatable bonds is 3. The number of pyridine rings is 2. The number of hydrogen-bond donors (Lipinski definition) is 0. The Labute approximate surface area is 146 Å². The van der Waals surface area contributed by atoms with Gasteiger partial charge < -0.3 is 0 Å². The molecule has 4 aromatic rings. The number of fused-ring (bicyclic) bond motifs is 1. The van der Waals surface area contributed by atoms with Crippen molar-refractivity contribution < 1.29 is 0 Å². The second kappa shape index (κ2) is 6.65. The molecular weight excluding hydrogens is 306 g/mol. The van der Waals surface area contributed by atoms with Gasteiger partial charge in [0.15, 0.2) is 5.65 Å². The van der Waals surface area contributed by atoms with Gasteiger partial charge in [-0.25, -0.2) is 9.97 Å². The summed E-state index contributed by atoms with van der Waals surface area (Å²) in [5, 5.41) is 1.05. The molecule has 0 radical (unpaired) electrons. The van der Waals surface area contributed by atoms with Crippen LogP contribution in [0, 0.1) is 6.92 Å². The molecule has 2 heterocycles. The average molecular weight is 323 g/mol. The average Bonchev–Trinajstić information content (AvgIpc) is 2.68. The van der Waals surface area contributed by atoms with Gasteiger partial charge in [-0.05, 0) is 48.9 Å². The molecule has 2 aromatic heterocycles. The highest BCUT2D eigenvalue weighted by atomic mass is 14.8. The Balaban J connectivity index is 1.57. The van der Waals surface area contributed by atoms with Crippen LogP contribution < -0.4 is 0 Å².